The Morgan fingerprint density at radius 3 is 2.67 bits per heavy atom. The summed E-state index contributed by atoms with van der Waals surface area (Å²) in [6, 6.07) is 0.400. The maximum absolute atomic E-state index is 4.45. The van der Waals surface area contributed by atoms with Crippen LogP contribution in [0.1, 0.15) is 41.4 Å². The molecule has 1 N–H and O–H groups in total. The number of aryl methyl sites for hydroxylation is 2. The first-order valence-electron chi connectivity index (χ1n) is 5.19. The quantitative estimate of drug-likeness (QED) is 0.792. The molecule has 0 spiro atoms. The summed E-state index contributed by atoms with van der Waals surface area (Å²) in [6.07, 6.45) is 2.00. The monoisotopic (exact) mass is 222 g/mol. The van der Waals surface area contributed by atoms with Crippen molar-refractivity contribution >= 4 is 11.3 Å². The maximum Gasteiger partial charge on any atom is 0.0900 e. The third-order valence-electron chi connectivity index (χ3n) is 2.34. The normalized spacial score (nSPS) is 12.0. The molecule has 0 saturated heterocycles. The van der Waals surface area contributed by atoms with E-state index in [1.165, 1.54) is 4.88 Å². The summed E-state index contributed by atoms with van der Waals surface area (Å²) in [6.45, 7) is 6.02. The van der Waals surface area contributed by atoms with E-state index < -0.39 is 0 Å². The van der Waals surface area contributed by atoms with Crippen LogP contribution in [0.3, 0.4) is 0 Å². The Bertz CT molecular complexity index is 371. The Kier molecular flexibility index (Phi) is 4.80. The number of hydrogen-bond donors (Lipinski definition) is 1. The lowest BCUT2D eigenvalue weighted by Crippen LogP contribution is -2.15. The van der Waals surface area contributed by atoms with Crippen LogP contribution in [0, 0.1) is 25.7 Å². The van der Waals surface area contributed by atoms with E-state index in [0.717, 1.165) is 23.5 Å². The van der Waals surface area contributed by atoms with Crippen molar-refractivity contribution in [2.45, 2.75) is 39.7 Å². The number of aromatic nitrogens is 1. The molecule has 1 aromatic heterocycles. The zero-order chi connectivity index (χ0) is 11.3. The second-order valence-corrected chi connectivity index (χ2v) is 4.72. The largest absolute Gasteiger partial charge is 0.312 e. The second-order valence-electron chi connectivity index (χ2n) is 3.49. The molecule has 0 fully saturated rings. The lowest BCUT2D eigenvalue weighted by atomic mass is 10.1. The van der Waals surface area contributed by atoms with Gasteiger partial charge in [-0.1, -0.05) is 0 Å². The fourth-order valence-corrected chi connectivity index (χ4v) is 2.69. The van der Waals surface area contributed by atoms with Gasteiger partial charge in [0.1, 0.15) is 0 Å². The molecule has 1 atom stereocenters. The Hall–Kier alpha value is -0.850. The molecule has 1 unspecified atom stereocenters. The predicted molar refractivity (Wildman–Crippen MR) is 66.1 cm³/mol. The number of hydrogen-bond acceptors (Lipinski definition) is 3. The van der Waals surface area contributed by atoms with E-state index in [0.29, 0.717) is 6.04 Å². The van der Waals surface area contributed by atoms with E-state index in [4.69, 9.17) is 0 Å². The van der Waals surface area contributed by atoms with Gasteiger partial charge in [0.15, 0.2) is 0 Å². The van der Waals surface area contributed by atoms with E-state index in [-0.39, 0.29) is 0 Å². The van der Waals surface area contributed by atoms with E-state index in [2.05, 4.69) is 36.0 Å². The highest BCUT2D eigenvalue weighted by Gasteiger charge is 2.14. The van der Waals surface area contributed by atoms with Gasteiger partial charge in [-0.25, -0.2) is 4.98 Å². The average Bonchev–Trinajstić information content (AvgIpc) is 2.53. The van der Waals surface area contributed by atoms with Gasteiger partial charge in [-0.2, -0.15) is 0 Å². The highest BCUT2D eigenvalue weighted by molar-refractivity contribution is 7.11. The number of nitrogens with one attached hydrogen (secondary N) is 1. The van der Waals surface area contributed by atoms with Crippen molar-refractivity contribution in [3.8, 4) is 11.8 Å². The molecule has 15 heavy (non-hydrogen) atoms. The summed E-state index contributed by atoms with van der Waals surface area (Å²) >= 11 is 1.78. The summed E-state index contributed by atoms with van der Waals surface area (Å²) < 4.78 is 0. The first-order valence-corrected chi connectivity index (χ1v) is 6.01. The van der Waals surface area contributed by atoms with Gasteiger partial charge in [0.25, 0.3) is 0 Å². The number of rotatable bonds is 4. The second kappa shape index (κ2) is 5.89. The third kappa shape index (κ3) is 3.33. The molecule has 0 radical (unpaired) electrons. The molecule has 1 rings (SSSR count). The maximum atomic E-state index is 4.45. The SMILES string of the molecule is CC#CCCC(NC)c1sc(C)nc1C. The number of thiazole rings is 1. The molecule has 82 valence electrons. The highest BCUT2D eigenvalue weighted by Crippen LogP contribution is 2.27. The molecule has 0 aromatic carbocycles. The van der Waals surface area contributed by atoms with Crippen LogP contribution in [0.2, 0.25) is 0 Å². The van der Waals surface area contributed by atoms with Crippen LogP contribution in [0.4, 0.5) is 0 Å². The zero-order valence-electron chi connectivity index (χ0n) is 9.85. The van der Waals surface area contributed by atoms with Crippen LogP contribution in [-0.4, -0.2) is 12.0 Å². The molecular weight excluding hydrogens is 204 g/mol. The van der Waals surface area contributed by atoms with Crippen molar-refractivity contribution in [3.63, 3.8) is 0 Å². The highest BCUT2D eigenvalue weighted by atomic mass is 32.1. The smallest absolute Gasteiger partial charge is 0.0900 e. The first-order chi connectivity index (χ1) is 7.19. The van der Waals surface area contributed by atoms with E-state index in [1.807, 2.05) is 14.0 Å². The van der Waals surface area contributed by atoms with Gasteiger partial charge < -0.3 is 5.32 Å². The van der Waals surface area contributed by atoms with Crippen molar-refractivity contribution in [2.24, 2.45) is 0 Å². The third-order valence-corrected chi connectivity index (χ3v) is 3.53. The van der Waals surface area contributed by atoms with Gasteiger partial charge in [0.05, 0.1) is 10.7 Å². The summed E-state index contributed by atoms with van der Waals surface area (Å²) in [5.41, 5.74) is 1.15. The molecule has 3 heteroatoms. The topological polar surface area (TPSA) is 24.9 Å². The minimum absolute atomic E-state index is 0.400. The zero-order valence-corrected chi connectivity index (χ0v) is 10.7. The predicted octanol–water partition coefficient (Wildman–Crippen LogP) is 2.82. The van der Waals surface area contributed by atoms with Gasteiger partial charge in [0, 0.05) is 17.3 Å². The van der Waals surface area contributed by atoms with Gasteiger partial charge in [-0.3, -0.25) is 0 Å². The molecule has 0 bridgehead atoms. The van der Waals surface area contributed by atoms with Gasteiger partial charge in [0.2, 0.25) is 0 Å². The Morgan fingerprint density at radius 1 is 1.47 bits per heavy atom. The lowest BCUT2D eigenvalue weighted by molar-refractivity contribution is 0.563. The molecule has 1 heterocycles. The first kappa shape index (κ1) is 12.2. The van der Waals surface area contributed by atoms with E-state index in [1.54, 1.807) is 11.3 Å². The summed E-state index contributed by atoms with van der Waals surface area (Å²) in [4.78, 5) is 5.81. The van der Waals surface area contributed by atoms with Crippen molar-refractivity contribution < 1.29 is 0 Å². The Balaban J connectivity index is 2.72. The summed E-state index contributed by atoms with van der Waals surface area (Å²) in [5.74, 6) is 6.03. The lowest BCUT2D eigenvalue weighted by Gasteiger charge is -2.13. The molecular formula is C12H18N2S. The fraction of sp³-hybridized carbons (Fsp3) is 0.583. The molecule has 0 aliphatic heterocycles. The Morgan fingerprint density at radius 2 is 2.20 bits per heavy atom. The van der Waals surface area contributed by atoms with Crippen molar-refractivity contribution in [2.75, 3.05) is 7.05 Å². The Labute approximate surface area is 96.1 Å². The summed E-state index contributed by atoms with van der Waals surface area (Å²) in [5, 5.41) is 4.48. The minimum atomic E-state index is 0.400. The van der Waals surface area contributed by atoms with Crippen molar-refractivity contribution in [1.29, 1.82) is 0 Å². The van der Waals surface area contributed by atoms with Gasteiger partial charge in [-0.05, 0) is 34.2 Å². The van der Waals surface area contributed by atoms with Crippen LogP contribution in [0.5, 0.6) is 0 Å². The van der Waals surface area contributed by atoms with E-state index >= 15 is 0 Å². The molecule has 1 aromatic rings. The van der Waals surface area contributed by atoms with Crippen LogP contribution < -0.4 is 5.32 Å². The van der Waals surface area contributed by atoms with Crippen molar-refractivity contribution in [1.82, 2.24) is 10.3 Å². The molecule has 2 nitrogen and oxygen atoms in total. The standard InChI is InChI=1S/C12H18N2S/c1-5-6-7-8-11(13-4)12-9(2)14-10(3)15-12/h11,13H,7-8H2,1-4H3. The molecule has 0 saturated carbocycles. The van der Waals surface area contributed by atoms with Gasteiger partial charge >= 0.3 is 0 Å². The molecule has 0 amide bonds. The number of nitrogens with zero attached hydrogens (tertiary/aromatic N) is 1. The van der Waals surface area contributed by atoms with Crippen LogP contribution in [-0.2, 0) is 0 Å². The van der Waals surface area contributed by atoms with Crippen LogP contribution in [0.25, 0.3) is 0 Å². The van der Waals surface area contributed by atoms with Gasteiger partial charge in [-0.15, -0.1) is 23.2 Å². The average molecular weight is 222 g/mol. The molecule has 0 aliphatic carbocycles. The van der Waals surface area contributed by atoms with Crippen LogP contribution >= 0.6 is 11.3 Å². The fourth-order valence-electron chi connectivity index (χ4n) is 1.62. The molecule has 0 aliphatic rings. The van der Waals surface area contributed by atoms with E-state index in [9.17, 15) is 0 Å². The van der Waals surface area contributed by atoms with Crippen LogP contribution in [0.15, 0.2) is 0 Å². The minimum Gasteiger partial charge on any atom is -0.312 e. The summed E-state index contributed by atoms with van der Waals surface area (Å²) in [7, 11) is 2.00. The van der Waals surface area contributed by atoms with Crippen molar-refractivity contribution in [3.05, 3.63) is 15.6 Å².